The number of nitrogens with zero attached hydrogens (tertiary/aromatic N) is 2. The van der Waals surface area contributed by atoms with E-state index in [0.29, 0.717) is 11.4 Å². The fraction of sp³-hybridized carbons (Fsp3) is 0.154. The van der Waals surface area contributed by atoms with Crippen LogP contribution in [0.25, 0.3) is 0 Å². The van der Waals surface area contributed by atoms with E-state index in [2.05, 4.69) is 4.98 Å². The number of ether oxygens (including phenoxy) is 1. The van der Waals surface area contributed by atoms with Crippen molar-refractivity contribution < 1.29 is 14.8 Å². The third kappa shape index (κ3) is 3.05. The molecule has 2 rings (SSSR count). The molecule has 0 aliphatic heterocycles. The number of aromatic nitrogens is 1. The average Bonchev–Trinajstić information content (AvgIpc) is 2.39. The van der Waals surface area contributed by atoms with E-state index in [1.54, 1.807) is 31.2 Å². The topological polar surface area (TPSA) is 85.5 Å². The summed E-state index contributed by atoms with van der Waals surface area (Å²) in [4.78, 5) is 14.3. The smallest absolute Gasteiger partial charge is 0.311 e. The molecule has 2 aromatic rings. The van der Waals surface area contributed by atoms with Gasteiger partial charge in [-0.05, 0) is 25.1 Å². The van der Waals surface area contributed by atoms with Gasteiger partial charge in [0.15, 0.2) is 0 Å². The van der Waals surface area contributed by atoms with Crippen molar-refractivity contribution in [3.63, 3.8) is 0 Å². The number of rotatable bonds is 4. The van der Waals surface area contributed by atoms with Crippen LogP contribution in [0.15, 0.2) is 42.6 Å². The summed E-state index contributed by atoms with van der Waals surface area (Å²) in [7, 11) is 0. The standard InChI is InChI=1S/C13H12N2O4/c1-9(16)11-7-6-10(8-14-11)19-13-5-3-2-4-12(13)15(17)18/h2-9,16H,1H3/t9-/m0/s1. The number of hydrogen-bond acceptors (Lipinski definition) is 5. The van der Waals surface area contributed by atoms with E-state index in [1.807, 2.05) is 0 Å². The summed E-state index contributed by atoms with van der Waals surface area (Å²) in [6, 6.07) is 9.31. The molecule has 0 radical (unpaired) electrons. The lowest BCUT2D eigenvalue weighted by atomic mass is 10.2. The molecule has 0 fully saturated rings. The highest BCUT2D eigenvalue weighted by atomic mass is 16.6. The van der Waals surface area contributed by atoms with Crippen LogP contribution in [0.3, 0.4) is 0 Å². The van der Waals surface area contributed by atoms with Crippen LogP contribution in [0.4, 0.5) is 5.69 Å². The van der Waals surface area contributed by atoms with Gasteiger partial charge in [0.05, 0.1) is 22.9 Å². The number of pyridine rings is 1. The number of hydrogen-bond donors (Lipinski definition) is 1. The van der Waals surface area contributed by atoms with Crippen LogP contribution < -0.4 is 4.74 Å². The number of aliphatic hydroxyl groups excluding tert-OH is 1. The van der Waals surface area contributed by atoms with Gasteiger partial charge in [0.25, 0.3) is 0 Å². The van der Waals surface area contributed by atoms with Crippen LogP contribution in [0.1, 0.15) is 18.7 Å². The zero-order chi connectivity index (χ0) is 13.8. The normalized spacial score (nSPS) is 11.9. The molecule has 0 amide bonds. The fourth-order valence-corrected chi connectivity index (χ4v) is 1.52. The Morgan fingerprint density at radius 3 is 2.63 bits per heavy atom. The van der Waals surface area contributed by atoms with Gasteiger partial charge in [0, 0.05) is 6.07 Å². The summed E-state index contributed by atoms with van der Waals surface area (Å²) >= 11 is 0. The molecule has 1 N–H and O–H groups in total. The van der Waals surface area contributed by atoms with Gasteiger partial charge in [-0.2, -0.15) is 0 Å². The number of benzene rings is 1. The Balaban J connectivity index is 2.24. The lowest BCUT2D eigenvalue weighted by Gasteiger charge is -2.07. The Morgan fingerprint density at radius 2 is 2.05 bits per heavy atom. The number of nitro groups is 1. The molecule has 0 aliphatic rings. The molecule has 6 heteroatoms. The summed E-state index contributed by atoms with van der Waals surface area (Å²) in [5.74, 6) is 0.526. The lowest BCUT2D eigenvalue weighted by Crippen LogP contribution is -1.96. The molecule has 0 spiro atoms. The highest BCUT2D eigenvalue weighted by molar-refractivity contribution is 5.47. The largest absolute Gasteiger partial charge is 0.449 e. The highest BCUT2D eigenvalue weighted by Crippen LogP contribution is 2.30. The van der Waals surface area contributed by atoms with Crippen molar-refractivity contribution in [2.75, 3.05) is 0 Å². The monoisotopic (exact) mass is 260 g/mol. The Morgan fingerprint density at radius 1 is 1.32 bits per heavy atom. The first-order chi connectivity index (χ1) is 9.08. The summed E-state index contributed by atoms with van der Waals surface area (Å²) < 4.78 is 5.42. The number of para-hydroxylation sites is 2. The van der Waals surface area contributed by atoms with Crippen molar-refractivity contribution in [3.8, 4) is 11.5 Å². The van der Waals surface area contributed by atoms with Crippen LogP contribution in [0.2, 0.25) is 0 Å². The van der Waals surface area contributed by atoms with Gasteiger partial charge >= 0.3 is 5.69 Å². The molecule has 98 valence electrons. The molecule has 0 bridgehead atoms. The molecule has 1 aromatic heterocycles. The summed E-state index contributed by atoms with van der Waals surface area (Å²) in [6.07, 6.45) is 0.749. The first-order valence-electron chi connectivity index (χ1n) is 5.63. The van der Waals surface area contributed by atoms with E-state index in [9.17, 15) is 15.2 Å². The second kappa shape index (κ2) is 5.45. The van der Waals surface area contributed by atoms with Gasteiger partial charge < -0.3 is 9.84 Å². The van der Waals surface area contributed by atoms with Gasteiger partial charge in [0.2, 0.25) is 5.75 Å². The Hall–Kier alpha value is -2.47. The minimum Gasteiger partial charge on any atom is -0.449 e. The molecule has 0 unspecified atom stereocenters. The number of nitro benzene ring substituents is 1. The van der Waals surface area contributed by atoms with Crippen molar-refractivity contribution in [1.29, 1.82) is 0 Å². The first-order valence-corrected chi connectivity index (χ1v) is 5.63. The predicted molar refractivity (Wildman–Crippen MR) is 68.0 cm³/mol. The van der Waals surface area contributed by atoms with E-state index >= 15 is 0 Å². The molecule has 0 saturated carbocycles. The maximum Gasteiger partial charge on any atom is 0.311 e. The van der Waals surface area contributed by atoms with Crippen molar-refractivity contribution in [1.82, 2.24) is 4.98 Å². The maximum absolute atomic E-state index is 10.8. The zero-order valence-corrected chi connectivity index (χ0v) is 10.2. The van der Waals surface area contributed by atoms with Gasteiger partial charge in [0.1, 0.15) is 5.75 Å². The molecular formula is C13H12N2O4. The van der Waals surface area contributed by atoms with E-state index in [-0.39, 0.29) is 11.4 Å². The Bertz CT molecular complexity index is 581. The molecule has 19 heavy (non-hydrogen) atoms. The SMILES string of the molecule is C[C@H](O)c1ccc(Oc2ccccc2[N+](=O)[O-])cn1. The first kappa shape index (κ1) is 13.0. The summed E-state index contributed by atoms with van der Waals surface area (Å²) in [6.45, 7) is 1.60. The third-order valence-corrected chi connectivity index (χ3v) is 2.48. The second-order valence-corrected chi connectivity index (χ2v) is 3.92. The van der Waals surface area contributed by atoms with Crippen LogP contribution in [0.5, 0.6) is 11.5 Å². The van der Waals surface area contributed by atoms with E-state index in [0.717, 1.165) is 0 Å². The van der Waals surface area contributed by atoms with Crippen molar-refractivity contribution >= 4 is 5.69 Å². The van der Waals surface area contributed by atoms with Gasteiger partial charge in [-0.3, -0.25) is 15.1 Å². The van der Waals surface area contributed by atoms with Crippen molar-refractivity contribution in [2.45, 2.75) is 13.0 Å². The molecule has 1 aromatic carbocycles. The minimum atomic E-state index is -0.667. The fourth-order valence-electron chi connectivity index (χ4n) is 1.52. The maximum atomic E-state index is 10.8. The molecule has 0 saturated heterocycles. The zero-order valence-electron chi connectivity index (χ0n) is 10.2. The van der Waals surface area contributed by atoms with Crippen molar-refractivity contribution in [3.05, 3.63) is 58.4 Å². The molecule has 1 heterocycles. The van der Waals surface area contributed by atoms with Crippen LogP contribution in [0, 0.1) is 10.1 Å². The predicted octanol–water partition coefficient (Wildman–Crippen LogP) is 2.84. The molecule has 0 aliphatic carbocycles. The van der Waals surface area contributed by atoms with Gasteiger partial charge in [-0.25, -0.2) is 0 Å². The quantitative estimate of drug-likeness (QED) is 0.674. The molecular weight excluding hydrogens is 248 g/mol. The molecule has 1 atom stereocenters. The van der Waals surface area contributed by atoms with E-state index < -0.39 is 11.0 Å². The van der Waals surface area contributed by atoms with Crippen LogP contribution in [-0.2, 0) is 0 Å². The number of aliphatic hydroxyl groups is 1. The van der Waals surface area contributed by atoms with Crippen molar-refractivity contribution in [2.24, 2.45) is 0 Å². The molecule has 6 nitrogen and oxygen atoms in total. The average molecular weight is 260 g/mol. The van der Waals surface area contributed by atoms with E-state index in [1.165, 1.54) is 18.3 Å². The third-order valence-electron chi connectivity index (χ3n) is 2.48. The lowest BCUT2D eigenvalue weighted by molar-refractivity contribution is -0.385. The Labute approximate surface area is 109 Å². The highest BCUT2D eigenvalue weighted by Gasteiger charge is 2.14. The van der Waals surface area contributed by atoms with Gasteiger partial charge in [-0.15, -0.1) is 0 Å². The van der Waals surface area contributed by atoms with Crippen LogP contribution in [-0.4, -0.2) is 15.0 Å². The van der Waals surface area contributed by atoms with E-state index in [4.69, 9.17) is 4.74 Å². The minimum absolute atomic E-state index is 0.109. The van der Waals surface area contributed by atoms with Crippen LogP contribution >= 0.6 is 0 Å². The summed E-state index contributed by atoms with van der Waals surface area (Å²) in [5, 5.41) is 20.2. The van der Waals surface area contributed by atoms with Gasteiger partial charge in [-0.1, -0.05) is 12.1 Å². The second-order valence-electron chi connectivity index (χ2n) is 3.92. The Kier molecular flexibility index (Phi) is 3.72. The summed E-state index contributed by atoms with van der Waals surface area (Å²) in [5.41, 5.74) is 0.400.